The Morgan fingerprint density at radius 3 is 2.25 bits per heavy atom. The lowest BCUT2D eigenvalue weighted by atomic mass is 9.76. The Hall–Kier alpha value is -1.42. The first-order chi connectivity index (χ1) is 13.2. The Kier molecular flexibility index (Phi) is 5.05. The Morgan fingerprint density at radius 2 is 1.57 bits per heavy atom. The fraction of sp³-hybridized carbons (Fsp3) is 0.520. The Balaban J connectivity index is 1.68. The third-order valence-electron chi connectivity index (χ3n) is 7.47. The molecule has 0 saturated heterocycles. The zero-order valence-corrected chi connectivity index (χ0v) is 19.3. The summed E-state index contributed by atoms with van der Waals surface area (Å²) < 4.78 is 6.72. The van der Waals surface area contributed by atoms with Gasteiger partial charge in [0.05, 0.1) is 0 Å². The van der Waals surface area contributed by atoms with Crippen molar-refractivity contribution in [3.8, 4) is 0 Å². The second-order valence-corrected chi connectivity index (χ2v) is 15.0. The minimum atomic E-state index is -1.75. The van der Waals surface area contributed by atoms with E-state index in [0.29, 0.717) is 18.0 Å². The molecule has 4 rings (SSSR count). The van der Waals surface area contributed by atoms with Gasteiger partial charge in [-0.2, -0.15) is 0 Å². The molecule has 0 spiro atoms. The maximum atomic E-state index is 6.72. The maximum Gasteiger partial charge on any atom is 0.192 e. The van der Waals surface area contributed by atoms with Crippen molar-refractivity contribution in [2.45, 2.75) is 76.8 Å². The molecule has 2 nitrogen and oxygen atoms in total. The van der Waals surface area contributed by atoms with E-state index in [0.717, 1.165) is 19.6 Å². The van der Waals surface area contributed by atoms with Crippen LogP contribution in [0.15, 0.2) is 48.5 Å². The molecule has 0 saturated carbocycles. The van der Waals surface area contributed by atoms with Crippen LogP contribution in [0.5, 0.6) is 0 Å². The van der Waals surface area contributed by atoms with Crippen molar-refractivity contribution in [3.63, 3.8) is 0 Å². The second kappa shape index (κ2) is 7.12. The van der Waals surface area contributed by atoms with Gasteiger partial charge in [0.15, 0.2) is 8.32 Å². The highest BCUT2D eigenvalue weighted by molar-refractivity contribution is 6.74. The van der Waals surface area contributed by atoms with Crippen molar-refractivity contribution < 1.29 is 4.43 Å². The van der Waals surface area contributed by atoms with Gasteiger partial charge in [-0.05, 0) is 46.8 Å². The number of hydrogen-bond donors (Lipinski definition) is 0. The third kappa shape index (κ3) is 3.38. The van der Waals surface area contributed by atoms with Gasteiger partial charge in [0.1, 0.15) is 0 Å². The zero-order chi connectivity index (χ0) is 20.1. The molecule has 3 atom stereocenters. The molecular formula is C25H35NOSi. The van der Waals surface area contributed by atoms with E-state index in [1.165, 1.54) is 22.3 Å². The van der Waals surface area contributed by atoms with Crippen molar-refractivity contribution >= 4 is 8.32 Å². The largest absolute Gasteiger partial charge is 0.415 e. The lowest BCUT2D eigenvalue weighted by Gasteiger charge is -2.50. The first-order valence-corrected chi connectivity index (χ1v) is 13.7. The molecule has 3 heteroatoms. The maximum absolute atomic E-state index is 6.72. The molecule has 0 amide bonds. The summed E-state index contributed by atoms with van der Waals surface area (Å²) in [6.45, 7) is 16.0. The standard InChI is InChI=1S/C25H35NOSi/c1-18-22-13-9-8-12-20(22)16-26-21(17-27-28(5,6)25(2,3)4)15-19-11-7-10-14-23(19)24(18)26/h7-14,18,21,24H,15-17H2,1-6H3/t18-,21+,24-/m1/s1. The van der Waals surface area contributed by atoms with Crippen LogP contribution >= 0.6 is 0 Å². The lowest BCUT2D eigenvalue weighted by Crippen LogP contribution is -2.52. The van der Waals surface area contributed by atoms with E-state index in [2.05, 4.69) is 94.2 Å². The van der Waals surface area contributed by atoms with Crippen molar-refractivity contribution in [2.24, 2.45) is 0 Å². The SMILES string of the molecule is C[C@@H]1c2ccccc2CN2[C@H](CO[Si](C)(C)C(C)(C)C)Cc3ccccc3[C@@H]12. The number of benzene rings is 2. The quantitative estimate of drug-likeness (QED) is 0.568. The Morgan fingerprint density at radius 1 is 0.964 bits per heavy atom. The van der Waals surface area contributed by atoms with Crippen molar-refractivity contribution in [3.05, 3.63) is 70.8 Å². The van der Waals surface area contributed by atoms with Crippen LogP contribution in [0.2, 0.25) is 18.1 Å². The molecular weight excluding hydrogens is 358 g/mol. The normalized spacial score (nSPS) is 25.0. The molecule has 2 aliphatic rings. The fourth-order valence-corrected chi connectivity index (χ4v) is 5.78. The van der Waals surface area contributed by atoms with E-state index in [9.17, 15) is 0 Å². The minimum Gasteiger partial charge on any atom is -0.415 e. The average Bonchev–Trinajstić information content (AvgIpc) is 2.65. The average molecular weight is 394 g/mol. The predicted molar refractivity (Wildman–Crippen MR) is 120 cm³/mol. The van der Waals surface area contributed by atoms with Gasteiger partial charge in [0.25, 0.3) is 0 Å². The summed E-state index contributed by atoms with van der Waals surface area (Å²) in [5.74, 6) is 0.502. The first-order valence-electron chi connectivity index (χ1n) is 10.7. The number of rotatable bonds is 3. The van der Waals surface area contributed by atoms with E-state index in [1.54, 1.807) is 0 Å². The molecule has 0 radical (unpaired) electrons. The van der Waals surface area contributed by atoms with E-state index in [-0.39, 0.29) is 5.04 Å². The molecule has 0 bridgehead atoms. The van der Waals surface area contributed by atoms with Crippen molar-refractivity contribution in [2.75, 3.05) is 6.61 Å². The summed E-state index contributed by atoms with van der Waals surface area (Å²) in [6, 6.07) is 19.0. The topological polar surface area (TPSA) is 12.5 Å². The highest BCUT2D eigenvalue weighted by Crippen LogP contribution is 2.47. The summed E-state index contributed by atoms with van der Waals surface area (Å²) in [4.78, 5) is 2.74. The highest BCUT2D eigenvalue weighted by Gasteiger charge is 2.43. The molecule has 150 valence electrons. The predicted octanol–water partition coefficient (Wildman–Crippen LogP) is 6.29. The Bertz CT molecular complexity index is 854. The lowest BCUT2D eigenvalue weighted by molar-refractivity contribution is 0.0466. The van der Waals surface area contributed by atoms with E-state index >= 15 is 0 Å². The molecule has 0 aromatic heterocycles. The van der Waals surface area contributed by atoms with E-state index < -0.39 is 8.32 Å². The van der Waals surface area contributed by atoms with Crippen LogP contribution in [0.3, 0.4) is 0 Å². The molecule has 2 heterocycles. The van der Waals surface area contributed by atoms with Gasteiger partial charge in [0, 0.05) is 31.2 Å². The van der Waals surface area contributed by atoms with Crippen molar-refractivity contribution in [1.82, 2.24) is 4.90 Å². The van der Waals surface area contributed by atoms with Gasteiger partial charge in [-0.15, -0.1) is 0 Å². The van der Waals surface area contributed by atoms with Crippen LogP contribution in [0.4, 0.5) is 0 Å². The summed E-state index contributed by atoms with van der Waals surface area (Å²) in [5, 5.41) is 0.251. The minimum absolute atomic E-state index is 0.251. The zero-order valence-electron chi connectivity index (χ0n) is 18.3. The summed E-state index contributed by atoms with van der Waals surface area (Å²) in [5.41, 5.74) is 6.04. The summed E-state index contributed by atoms with van der Waals surface area (Å²) in [7, 11) is -1.75. The van der Waals surface area contributed by atoms with Gasteiger partial charge in [-0.25, -0.2) is 0 Å². The molecule has 0 fully saturated rings. The summed E-state index contributed by atoms with van der Waals surface area (Å²) in [6.07, 6.45) is 1.09. The molecule has 2 aromatic carbocycles. The monoisotopic (exact) mass is 393 g/mol. The van der Waals surface area contributed by atoms with E-state index in [4.69, 9.17) is 4.43 Å². The molecule has 0 aliphatic carbocycles. The molecule has 0 unspecified atom stereocenters. The summed E-state index contributed by atoms with van der Waals surface area (Å²) >= 11 is 0. The van der Waals surface area contributed by atoms with Gasteiger partial charge in [-0.1, -0.05) is 76.2 Å². The van der Waals surface area contributed by atoms with E-state index in [1.807, 2.05) is 0 Å². The van der Waals surface area contributed by atoms with Crippen LogP contribution in [-0.4, -0.2) is 25.9 Å². The van der Waals surface area contributed by atoms with Crippen LogP contribution in [0, 0.1) is 0 Å². The molecule has 2 aromatic rings. The van der Waals surface area contributed by atoms with Gasteiger partial charge in [0.2, 0.25) is 0 Å². The smallest absolute Gasteiger partial charge is 0.192 e. The number of hydrogen-bond acceptors (Lipinski definition) is 2. The first kappa shape index (κ1) is 19.9. The van der Waals surface area contributed by atoms with Crippen LogP contribution < -0.4 is 0 Å². The van der Waals surface area contributed by atoms with Crippen LogP contribution in [0.25, 0.3) is 0 Å². The Labute approximate surface area is 172 Å². The van der Waals surface area contributed by atoms with Crippen molar-refractivity contribution in [1.29, 1.82) is 0 Å². The van der Waals surface area contributed by atoms with Gasteiger partial charge < -0.3 is 4.43 Å². The fourth-order valence-electron chi connectivity index (χ4n) is 4.73. The third-order valence-corrected chi connectivity index (χ3v) is 12.0. The molecule has 28 heavy (non-hydrogen) atoms. The van der Waals surface area contributed by atoms with Crippen LogP contribution in [-0.2, 0) is 17.4 Å². The number of fused-ring (bicyclic) bond motifs is 4. The van der Waals surface area contributed by atoms with Crippen LogP contribution in [0.1, 0.15) is 61.9 Å². The van der Waals surface area contributed by atoms with Gasteiger partial charge >= 0.3 is 0 Å². The van der Waals surface area contributed by atoms with Gasteiger partial charge in [-0.3, -0.25) is 4.90 Å². The second-order valence-electron chi connectivity index (χ2n) is 10.2. The molecule has 0 N–H and O–H groups in total. The number of nitrogens with zero attached hydrogens (tertiary/aromatic N) is 1. The molecule has 2 aliphatic heterocycles. The highest BCUT2D eigenvalue weighted by atomic mass is 28.4.